The molecule has 3 rings (SSSR count). The predicted molar refractivity (Wildman–Crippen MR) is 89.4 cm³/mol. The van der Waals surface area contributed by atoms with E-state index in [-0.39, 0.29) is 0 Å². The summed E-state index contributed by atoms with van der Waals surface area (Å²) in [7, 11) is 0. The van der Waals surface area contributed by atoms with Gasteiger partial charge in [-0.15, -0.1) is 0 Å². The summed E-state index contributed by atoms with van der Waals surface area (Å²) in [5.41, 5.74) is 6.61. The summed E-state index contributed by atoms with van der Waals surface area (Å²) in [5.74, 6) is 1.64. The minimum absolute atomic E-state index is 0.300. The highest BCUT2D eigenvalue weighted by Gasteiger charge is 2.44. The van der Waals surface area contributed by atoms with E-state index in [2.05, 4.69) is 23.6 Å². The average Bonchev–Trinajstić information content (AvgIpc) is 3.03. The van der Waals surface area contributed by atoms with Crippen LogP contribution in [0.25, 0.3) is 0 Å². The SMILES string of the molecule is CC1CCC(CN)(N2CCN(C3CCCC3)CC2)C(C)C1. The Morgan fingerprint density at radius 1 is 1.00 bits per heavy atom. The molecule has 1 heterocycles. The first-order valence-electron chi connectivity index (χ1n) is 9.35. The fraction of sp³-hybridized carbons (Fsp3) is 1.00. The number of piperazine rings is 1. The van der Waals surface area contributed by atoms with E-state index in [0.29, 0.717) is 5.54 Å². The first-order valence-corrected chi connectivity index (χ1v) is 9.35. The molecular formula is C18H35N3. The van der Waals surface area contributed by atoms with Gasteiger partial charge in [0.2, 0.25) is 0 Å². The Hall–Kier alpha value is -0.120. The Morgan fingerprint density at radius 3 is 2.24 bits per heavy atom. The van der Waals surface area contributed by atoms with Crippen molar-refractivity contribution in [1.29, 1.82) is 0 Å². The Labute approximate surface area is 131 Å². The Bertz CT molecular complexity index is 331. The molecule has 0 aromatic carbocycles. The van der Waals surface area contributed by atoms with Gasteiger partial charge in [-0.2, -0.15) is 0 Å². The molecule has 2 aliphatic carbocycles. The van der Waals surface area contributed by atoms with Crippen LogP contribution in [0.1, 0.15) is 58.8 Å². The zero-order chi connectivity index (χ0) is 14.9. The number of nitrogens with zero attached hydrogens (tertiary/aromatic N) is 2. The standard InChI is InChI=1S/C18H35N3/c1-15-7-8-18(14-19,16(2)13-15)21-11-9-20(10-12-21)17-5-3-4-6-17/h15-17H,3-14,19H2,1-2H3. The Balaban J connectivity index is 1.61. The summed E-state index contributed by atoms with van der Waals surface area (Å²) in [5, 5.41) is 0. The third-order valence-corrected chi connectivity index (χ3v) is 6.88. The van der Waals surface area contributed by atoms with E-state index in [1.807, 2.05) is 0 Å². The summed E-state index contributed by atoms with van der Waals surface area (Å²) >= 11 is 0. The van der Waals surface area contributed by atoms with Crippen molar-refractivity contribution in [2.75, 3.05) is 32.7 Å². The zero-order valence-electron chi connectivity index (χ0n) is 14.2. The van der Waals surface area contributed by atoms with Crippen LogP contribution in [0.2, 0.25) is 0 Å². The topological polar surface area (TPSA) is 32.5 Å². The van der Waals surface area contributed by atoms with Crippen molar-refractivity contribution in [2.45, 2.75) is 70.4 Å². The average molecular weight is 293 g/mol. The van der Waals surface area contributed by atoms with Crippen LogP contribution in [0.4, 0.5) is 0 Å². The second kappa shape index (κ2) is 6.55. The molecule has 3 fully saturated rings. The van der Waals surface area contributed by atoms with Gasteiger partial charge in [0, 0.05) is 44.3 Å². The molecule has 1 aliphatic heterocycles. The number of hydrogen-bond donors (Lipinski definition) is 1. The minimum Gasteiger partial charge on any atom is -0.329 e. The van der Waals surface area contributed by atoms with Gasteiger partial charge in [-0.05, 0) is 43.9 Å². The molecule has 3 aliphatic rings. The van der Waals surface area contributed by atoms with Gasteiger partial charge in [0.1, 0.15) is 0 Å². The molecular weight excluding hydrogens is 258 g/mol. The molecule has 0 bridgehead atoms. The van der Waals surface area contributed by atoms with Crippen LogP contribution in [-0.4, -0.2) is 54.1 Å². The lowest BCUT2D eigenvalue weighted by Crippen LogP contribution is -2.65. The normalized spacial score (nSPS) is 40.7. The molecule has 3 heteroatoms. The molecule has 0 aromatic heterocycles. The maximum absolute atomic E-state index is 6.31. The van der Waals surface area contributed by atoms with Crippen LogP contribution in [0.15, 0.2) is 0 Å². The van der Waals surface area contributed by atoms with Crippen molar-refractivity contribution < 1.29 is 0 Å². The van der Waals surface area contributed by atoms with Crippen molar-refractivity contribution >= 4 is 0 Å². The highest BCUT2D eigenvalue weighted by atomic mass is 15.3. The van der Waals surface area contributed by atoms with Gasteiger partial charge in [-0.3, -0.25) is 9.80 Å². The molecule has 0 amide bonds. The first kappa shape index (κ1) is 15.8. The summed E-state index contributed by atoms with van der Waals surface area (Å²) in [6.45, 7) is 10.7. The van der Waals surface area contributed by atoms with E-state index >= 15 is 0 Å². The molecule has 2 saturated carbocycles. The quantitative estimate of drug-likeness (QED) is 0.868. The van der Waals surface area contributed by atoms with Crippen LogP contribution >= 0.6 is 0 Å². The molecule has 1 saturated heterocycles. The van der Waals surface area contributed by atoms with Crippen molar-refractivity contribution in [3.8, 4) is 0 Å². The fourth-order valence-corrected chi connectivity index (χ4v) is 5.39. The van der Waals surface area contributed by atoms with E-state index in [9.17, 15) is 0 Å². The lowest BCUT2D eigenvalue weighted by Gasteiger charge is -2.54. The molecule has 2 N–H and O–H groups in total. The number of nitrogens with two attached hydrogens (primary N) is 1. The number of hydrogen-bond acceptors (Lipinski definition) is 3. The molecule has 0 radical (unpaired) electrons. The molecule has 0 spiro atoms. The molecule has 122 valence electrons. The summed E-state index contributed by atoms with van der Waals surface area (Å²) in [4.78, 5) is 5.54. The first-order chi connectivity index (χ1) is 10.2. The minimum atomic E-state index is 0.300. The molecule has 0 aromatic rings. The van der Waals surface area contributed by atoms with Gasteiger partial charge in [-0.25, -0.2) is 0 Å². The van der Waals surface area contributed by atoms with E-state index < -0.39 is 0 Å². The summed E-state index contributed by atoms with van der Waals surface area (Å²) in [6.07, 6.45) is 9.82. The van der Waals surface area contributed by atoms with Gasteiger partial charge in [0.15, 0.2) is 0 Å². The van der Waals surface area contributed by atoms with Crippen molar-refractivity contribution in [3.05, 3.63) is 0 Å². The maximum atomic E-state index is 6.31. The highest BCUT2D eigenvalue weighted by Crippen LogP contribution is 2.41. The van der Waals surface area contributed by atoms with E-state index in [4.69, 9.17) is 5.73 Å². The maximum Gasteiger partial charge on any atom is 0.0358 e. The van der Waals surface area contributed by atoms with Gasteiger partial charge < -0.3 is 5.73 Å². The van der Waals surface area contributed by atoms with Crippen molar-refractivity contribution in [1.82, 2.24) is 9.80 Å². The van der Waals surface area contributed by atoms with Crippen LogP contribution in [0.3, 0.4) is 0 Å². The zero-order valence-corrected chi connectivity index (χ0v) is 14.2. The highest BCUT2D eigenvalue weighted by molar-refractivity contribution is 5.01. The van der Waals surface area contributed by atoms with Gasteiger partial charge in [0.25, 0.3) is 0 Å². The van der Waals surface area contributed by atoms with Gasteiger partial charge >= 0.3 is 0 Å². The van der Waals surface area contributed by atoms with E-state index in [1.165, 1.54) is 71.1 Å². The largest absolute Gasteiger partial charge is 0.329 e. The molecule has 3 unspecified atom stereocenters. The second-order valence-electron chi connectivity index (χ2n) is 8.05. The monoisotopic (exact) mass is 293 g/mol. The molecule has 3 nitrogen and oxygen atoms in total. The van der Waals surface area contributed by atoms with Crippen LogP contribution < -0.4 is 5.73 Å². The van der Waals surface area contributed by atoms with Crippen molar-refractivity contribution in [3.63, 3.8) is 0 Å². The Kier molecular flexibility index (Phi) is 4.92. The number of rotatable bonds is 3. The fourth-order valence-electron chi connectivity index (χ4n) is 5.39. The lowest BCUT2D eigenvalue weighted by atomic mass is 9.68. The van der Waals surface area contributed by atoms with E-state index in [0.717, 1.165) is 24.4 Å². The smallest absolute Gasteiger partial charge is 0.0358 e. The predicted octanol–water partition coefficient (Wildman–Crippen LogP) is 2.70. The van der Waals surface area contributed by atoms with Gasteiger partial charge in [-0.1, -0.05) is 26.7 Å². The van der Waals surface area contributed by atoms with Crippen LogP contribution in [-0.2, 0) is 0 Å². The van der Waals surface area contributed by atoms with Crippen LogP contribution in [0.5, 0.6) is 0 Å². The summed E-state index contributed by atoms with van der Waals surface area (Å²) in [6, 6.07) is 0.893. The van der Waals surface area contributed by atoms with E-state index in [1.54, 1.807) is 0 Å². The van der Waals surface area contributed by atoms with Crippen LogP contribution in [0, 0.1) is 11.8 Å². The van der Waals surface area contributed by atoms with Crippen molar-refractivity contribution in [2.24, 2.45) is 17.6 Å². The lowest BCUT2D eigenvalue weighted by molar-refractivity contribution is -0.0354. The second-order valence-corrected chi connectivity index (χ2v) is 8.05. The third-order valence-electron chi connectivity index (χ3n) is 6.88. The third kappa shape index (κ3) is 3.02. The van der Waals surface area contributed by atoms with Gasteiger partial charge in [0.05, 0.1) is 0 Å². The molecule has 3 atom stereocenters. The summed E-state index contributed by atoms with van der Waals surface area (Å²) < 4.78 is 0. The molecule has 21 heavy (non-hydrogen) atoms. The Morgan fingerprint density at radius 2 is 1.67 bits per heavy atom.